The Kier molecular flexibility index (Phi) is 21.2. The fourth-order valence-corrected chi connectivity index (χ4v) is 8.22. The van der Waals surface area contributed by atoms with E-state index in [9.17, 15) is 38.4 Å². The lowest BCUT2D eigenvalue weighted by Crippen LogP contribution is -2.60. The van der Waals surface area contributed by atoms with E-state index in [1.54, 1.807) is 30.3 Å². The third-order valence-electron chi connectivity index (χ3n) is 11.7. The largest absolute Gasteiger partial charge is 0.370 e. The molecule has 2 aromatic carbocycles. The number of carbonyl (C=O) groups excluding carboxylic acids is 8. The number of hydrogen-bond donors (Lipinski definition) is 12. The van der Waals surface area contributed by atoms with E-state index < -0.39 is 90.1 Å². The van der Waals surface area contributed by atoms with Crippen LogP contribution in [-0.4, -0.2) is 126 Å². The fraction of sp³-hybridized carbons (Fsp3) is 0.522. The molecule has 0 radical (unpaired) electrons. The van der Waals surface area contributed by atoms with Gasteiger partial charge < -0.3 is 71.2 Å². The van der Waals surface area contributed by atoms with Gasteiger partial charge in [0, 0.05) is 32.6 Å². The summed E-state index contributed by atoms with van der Waals surface area (Å²) in [7, 11) is 0. The maximum atomic E-state index is 14.6. The van der Waals surface area contributed by atoms with Crippen molar-refractivity contribution in [2.24, 2.45) is 50.3 Å². The number of hydrogen-bond acceptors (Lipinski definition) is 11. The number of nitrogens with one attached hydrogen (secondary N) is 6. The number of fused-ring (bicyclic) bond motifs is 1. The highest BCUT2D eigenvalue weighted by Gasteiger charge is 2.40. The second-order valence-electron chi connectivity index (χ2n) is 17.7. The Balaban J connectivity index is 1.57. The van der Waals surface area contributed by atoms with Crippen LogP contribution >= 0.6 is 0 Å². The first kappa shape index (κ1) is 54.3. The number of carbonyl (C=O) groups is 8. The number of nitrogens with two attached hydrogens (primary N) is 6. The van der Waals surface area contributed by atoms with Crippen LogP contribution in [0, 0.1) is 5.92 Å². The van der Waals surface area contributed by atoms with Crippen LogP contribution < -0.4 is 66.3 Å². The van der Waals surface area contributed by atoms with Crippen molar-refractivity contribution in [3.8, 4) is 0 Å². The van der Waals surface area contributed by atoms with E-state index in [1.807, 2.05) is 38.1 Å². The van der Waals surface area contributed by atoms with E-state index in [1.165, 1.54) is 4.90 Å². The number of benzene rings is 2. The number of aliphatic imine (C=N–C) groups is 2. The summed E-state index contributed by atoms with van der Waals surface area (Å²) >= 11 is 0. The van der Waals surface area contributed by atoms with E-state index >= 15 is 0 Å². The average Bonchev–Trinajstić information content (AvgIpc) is 3.80. The summed E-state index contributed by atoms with van der Waals surface area (Å²) < 4.78 is 0. The number of amides is 8. The Morgan fingerprint density at radius 2 is 1.22 bits per heavy atom. The first-order valence-electron chi connectivity index (χ1n) is 23.2. The topological polar surface area (TPSA) is 393 Å². The predicted octanol–water partition coefficient (Wildman–Crippen LogP) is -3.13. The number of likely N-dealkylation sites (tertiary alicyclic amines) is 1. The van der Waals surface area contributed by atoms with Crippen LogP contribution in [-0.2, 0) is 57.7 Å². The second kappa shape index (κ2) is 26.9. The quantitative estimate of drug-likeness (QED) is 0.0253. The molecule has 2 heterocycles. The lowest BCUT2D eigenvalue weighted by Gasteiger charge is -2.31. The Bertz CT molecular complexity index is 2180. The van der Waals surface area contributed by atoms with Crippen LogP contribution in [0.25, 0.3) is 0 Å². The zero-order valence-electron chi connectivity index (χ0n) is 39.3. The molecular weight excluding hydrogens is 891 g/mol. The lowest BCUT2D eigenvalue weighted by atomic mass is 9.95. The Morgan fingerprint density at radius 1 is 0.667 bits per heavy atom. The molecule has 376 valence electrons. The summed E-state index contributed by atoms with van der Waals surface area (Å²) in [4.78, 5) is 118. The molecule has 4 rings (SSSR count). The van der Waals surface area contributed by atoms with Crippen molar-refractivity contribution >= 4 is 59.2 Å². The van der Waals surface area contributed by atoms with Crippen molar-refractivity contribution in [2.45, 2.75) is 127 Å². The van der Waals surface area contributed by atoms with Gasteiger partial charge in [0.25, 0.3) is 0 Å². The van der Waals surface area contributed by atoms with Gasteiger partial charge >= 0.3 is 0 Å². The van der Waals surface area contributed by atoms with Crippen molar-refractivity contribution in [3.05, 3.63) is 71.3 Å². The molecule has 69 heavy (non-hydrogen) atoms. The third kappa shape index (κ3) is 17.7. The van der Waals surface area contributed by atoms with Crippen molar-refractivity contribution < 1.29 is 38.4 Å². The van der Waals surface area contributed by atoms with Crippen molar-refractivity contribution in [3.63, 3.8) is 0 Å². The molecule has 0 saturated carbocycles. The van der Waals surface area contributed by atoms with Gasteiger partial charge in [0.2, 0.25) is 47.3 Å². The molecule has 0 unspecified atom stereocenters. The maximum Gasteiger partial charge on any atom is 0.245 e. The van der Waals surface area contributed by atoms with Gasteiger partial charge in [0.05, 0.1) is 12.5 Å². The van der Waals surface area contributed by atoms with E-state index in [0.29, 0.717) is 24.9 Å². The Morgan fingerprint density at radius 3 is 1.83 bits per heavy atom. The molecule has 1 saturated heterocycles. The average molecular weight is 960 g/mol. The van der Waals surface area contributed by atoms with Crippen LogP contribution in [0.15, 0.2) is 64.6 Å². The molecular formula is C46H69N15O8. The van der Waals surface area contributed by atoms with E-state index in [2.05, 4.69) is 41.9 Å². The van der Waals surface area contributed by atoms with Gasteiger partial charge in [-0.15, -0.1) is 0 Å². The molecule has 0 aliphatic carbocycles. The van der Waals surface area contributed by atoms with Crippen LogP contribution in [0.5, 0.6) is 0 Å². The van der Waals surface area contributed by atoms with E-state index in [4.69, 9.17) is 34.4 Å². The number of nitrogens with zero attached hydrogens (tertiary/aromatic N) is 3. The van der Waals surface area contributed by atoms with Crippen molar-refractivity contribution in [1.29, 1.82) is 0 Å². The minimum atomic E-state index is -1.46. The highest BCUT2D eigenvalue weighted by molar-refractivity contribution is 5.98. The second-order valence-corrected chi connectivity index (χ2v) is 17.7. The minimum absolute atomic E-state index is 0.0198. The van der Waals surface area contributed by atoms with Crippen LogP contribution in [0.1, 0.15) is 81.9 Å². The van der Waals surface area contributed by atoms with Gasteiger partial charge in [-0.25, -0.2) is 0 Å². The van der Waals surface area contributed by atoms with Crippen LogP contribution in [0.4, 0.5) is 0 Å². The first-order chi connectivity index (χ1) is 32.8. The van der Waals surface area contributed by atoms with Gasteiger partial charge in [-0.2, -0.15) is 0 Å². The summed E-state index contributed by atoms with van der Waals surface area (Å²) in [6.07, 6.45) is 1.13. The summed E-state index contributed by atoms with van der Waals surface area (Å²) in [5.74, 6) is -6.16. The summed E-state index contributed by atoms with van der Waals surface area (Å²) in [5, 5.41) is 16.9. The van der Waals surface area contributed by atoms with Gasteiger partial charge in [-0.05, 0) is 74.0 Å². The molecule has 0 aromatic heterocycles. The normalized spacial score (nSPS) is 17.3. The predicted molar refractivity (Wildman–Crippen MR) is 258 cm³/mol. The molecule has 2 aliphatic rings. The first-order valence-corrected chi connectivity index (χ1v) is 23.2. The SMILES string of the molecule is CC(C)C[C@H](NC(=O)[C@@H]1Cc2ccccc2CN1)C(=O)N[C@@H](Cc1ccccc1)C(=O)N[C@@H](CCCN=C(N)N)C(=O)N1CCC[C@H]1C(=O)N[C@@H](CCCN=C(N)N)C(=O)N[C@@H](CC(N)=O)C(N)=O. The zero-order valence-corrected chi connectivity index (χ0v) is 39.3. The van der Waals surface area contributed by atoms with E-state index in [0.717, 1.165) is 11.1 Å². The highest BCUT2D eigenvalue weighted by Crippen LogP contribution is 2.21. The lowest BCUT2D eigenvalue weighted by molar-refractivity contribution is -0.142. The Hall–Kier alpha value is -7.30. The molecule has 23 heteroatoms. The van der Waals surface area contributed by atoms with Crippen LogP contribution in [0.2, 0.25) is 0 Å². The summed E-state index contributed by atoms with van der Waals surface area (Å²) in [5.41, 5.74) is 35.5. The third-order valence-corrected chi connectivity index (χ3v) is 11.7. The molecule has 8 amide bonds. The molecule has 2 aromatic rings. The van der Waals surface area contributed by atoms with E-state index in [-0.39, 0.29) is 88.3 Å². The number of guanidine groups is 2. The van der Waals surface area contributed by atoms with Gasteiger partial charge in [0.1, 0.15) is 36.3 Å². The molecule has 2 aliphatic heterocycles. The monoisotopic (exact) mass is 960 g/mol. The minimum Gasteiger partial charge on any atom is -0.370 e. The molecule has 1 fully saturated rings. The maximum absolute atomic E-state index is 14.6. The highest BCUT2D eigenvalue weighted by atomic mass is 16.2. The van der Waals surface area contributed by atoms with Gasteiger partial charge in [0.15, 0.2) is 11.9 Å². The number of rotatable bonds is 26. The molecule has 0 bridgehead atoms. The zero-order chi connectivity index (χ0) is 50.6. The van der Waals surface area contributed by atoms with Crippen molar-refractivity contribution in [1.82, 2.24) is 36.8 Å². The molecule has 23 nitrogen and oxygen atoms in total. The van der Waals surface area contributed by atoms with Crippen molar-refractivity contribution in [2.75, 3.05) is 19.6 Å². The molecule has 18 N–H and O–H groups in total. The molecule has 7 atom stereocenters. The standard InChI is InChI=1S/C46H69N15O8/c1-26(2)21-34(59-40(65)33-23-28-13-6-7-14-29(28)25-55-33)41(66)60-35(22-27-11-4-3-5-12-27)42(67)57-31(16-9-19-54-46(51)52)44(69)61-20-10-17-36(61)43(68)56-30(15-8-18-53-45(49)50)39(64)58-32(38(48)63)24-37(47)62/h3-7,11-14,26,30-36,55H,8-10,15-25H2,1-2H3,(H2,47,62)(H2,48,63)(H,56,68)(H,57,67)(H,58,64)(H,59,65)(H,60,66)(H4,49,50,53)(H4,51,52,54)/t30-,31-,32-,33-,34-,35-,36-/m0/s1. The number of primary amides is 2. The Labute approximate surface area is 401 Å². The van der Waals surface area contributed by atoms with Gasteiger partial charge in [-0.1, -0.05) is 68.4 Å². The van der Waals surface area contributed by atoms with Crippen LogP contribution in [0.3, 0.4) is 0 Å². The summed E-state index contributed by atoms with van der Waals surface area (Å²) in [6.45, 7) is 4.62. The van der Waals surface area contributed by atoms with Gasteiger partial charge in [-0.3, -0.25) is 48.3 Å². The fourth-order valence-electron chi connectivity index (χ4n) is 8.22. The smallest absolute Gasteiger partial charge is 0.245 e. The summed E-state index contributed by atoms with van der Waals surface area (Å²) in [6, 6.07) is 8.83. The molecule has 0 spiro atoms.